The van der Waals surface area contributed by atoms with Gasteiger partial charge in [-0.1, -0.05) is 23.8 Å². The van der Waals surface area contributed by atoms with Crippen molar-refractivity contribution in [3.8, 4) is 0 Å². The van der Waals surface area contributed by atoms with Crippen LogP contribution in [0.4, 0.5) is 5.69 Å². The van der Waals surface area contributed by atoms with Crippen LogP contribution in [-0.2, 0) is 6.42 Å². The molecule has 0 aliphatic carbocycles. The van der Waals surface area contributed by atoms with Crippen molar-refractivity contribution >= 4 is 17.5 Å². The molecule has 1 heterocycles. The van der Waals surface area contributed by atoms with Gasteiger partial charge in [0.15, 0.2) is 0 Å². The number of fused-ring (bicyclic) bond motifs is 1. The molecule has 2 aromatic carbocycles. The minimum absolute atomic E-state index is 0.00788. The predicted octanol–water partition coefficient (Wildman–Crippen LogP) is 3.50. The lowest BCUT2D eigenvalue weighted by molar-refractivity contribution is 0.0956. The Hall–Kier alpha value is -2.88. The van der Waals surface area contributed by atoms with Gasteiger partial charge in [0.2, 0.25) is 0 Å². The van der Waals surface area contributed by atoms with Crippen LogP contribution in [0.2, 0.25) is 0 Å². The second-order valence-electron chi connectivity index (χ2n) is 6.27. The predicted molar refractivity (Wildman–Crippen MR) is 100 cm³/mol. The van der Waals surface area contributed by atoms with Gasteiger partial charge in [-0.2, -0.15) is 0 Å². The van der Waals surface area contributed by atoms with Crippen molar-refractivity contribution in [1.82, 2.24) is 5.32 Å². The van der Waals surface area contributed by atoms with E-state index >= 15 is 0 Å². The van der Waals surface area contributed by atoms with E-state index in [1.165, 1.54) is 0 Å². The van der Waals surface area contributed by atoms with Crippen LogP contribution >= 0.6 is 0 Å². The molecular formula is C21H22N2O2. The number of aryl methyl sites for hydroxylation is 2. The molecule has 2 aromatic rings. The van der Waals surface area contributed by atoms with E-state index in [-0.39, 0.29) is 11.8 Å². The van der Waals surface area contributed by atoms with Crippen LogP contribution in [0.5, 0.6) is 0 Å². The summed E-state index contributed by atoms with van der Waals surface area (Å²) < 4.78 is 0. The summed E-state index contributed by atoms with van der Waals surface area (Å²) in [5.74, 6) is -0.113. The summed E-state index contributed by atoms with van der Waals surface area (Å²) in [6, 6.07) is 13.2. The third kappa shape index (κ3) is 3.63. The zero-order chi connectivity index (χ0) is 17.8. The normalized spacial score (nSPS) is 13.1. The summed E-state index contributed by atoms with van der Waals surface area (Å²) in [6.07, 6.45) is 3.41. The first-order valence-corrected chi connectivity index (χ1v) is 8.50. The van der Waals surface area contributed by atoms with E-state index in [9.17, 15) is 9.59 Å². The third-order valence-electron chi connectivity index (χ3n) is 4.38. The zero-order valence-electron chi connectivity index (χ0n) is 14.4. The summed E-state index contributed by atoms with van der Waals surface area (Å²) in [6.45, 7) is 6.72. The molecule has 1 N–H and O–H groups in total. The molecule has 0 bridgehead atoms. The van der Waals surface area contributed by atoms with Crippen LogP contribution in [0, 0.1) is 6.92 Å². The van der Waals surface area contributed by atoms with Crippen LogP contribution in [0.3, 0.4) is 0 Å². The number of nitrogens with zero attached hydrogens (tertiary/aromatic N) is 1. The molecule has 0 atom stereocenters. The van der Waals surface area contributed by atoms with Gasteiger partial charge < -0.3 is 10.2 Å². The molecule has 2 amide bonds. The number of anilines is 1. The average Bonchev–Trinajstić information content (AvgIpc) is 2.64. The van der Waals surface area contributed by atoms with Crippen molar-refractivity contribution in [2.24, 2.45) is 0 Å². The molecule has 1 aliphatic rings. The van der Waals surface area contributed by atoms with E-state index in [4.69, 9.17) is 0 Å². The molecule has 0 spiro atoms. The lowest BCUT2D eigenvalue weighted by atomic mass is 9.98. The number of nitrogens with one attached hydrogen (secondary N) is 1. The van der Waals surface area contributed by atoms with Gasteiger partial charge in [0, 0.05) is 29.9 Å². The highest BCUT2D eigenvalue weighted by molar-refractivity contribution is 6.07. The van der Waals surface area contributed by atoms with Gasteiger partial charge in [-0.25, -0.2) is 0 Å². The molecule has 0 fully saturated rings. The van der Waals surface area contributed by atoms with Gasteiger partial charge in [0.25, 0.3) is 11.8 Å². The first kappa shape index (κ1) is 17.0. The molecule has 3 rings (SSSR count). The monoisotopic (exact) mass is 334 g/mol. The summed E-state index contributed by atoms with van der Waals surface area (Å²) in [7, 11) is 0. The summed E-state index contributed by atoms with van der Waals surface area (Å²) in [5.41, 5.74) is 4.32. The van der Waals surface area contributed by atoms with Crippen LogP contribution in [-0.4, -0.2) is 24.9 Å². The van der Waals surface area contributed by atoms with Crippen LogP contribution < -0.4 is 10.2 Å². The van der Waals surface area contributed by atoms with Crippen molar-refractivity contribution in [2.45, 2.75) is 19.8 Å². The van der Waals surface area contributed by atoms with E-state index in [2.05, 4.69) is 11.9 Å². The summed E-state index contributed by atoms with van der Waals surface area (Å²) in [5, 5.41) is 2.78. The molecule has 1 aliphatic heterocycles. The second kappa shape index (κ2) is 7.34. The van der Waals surface area contributed by atoms with Crippen LogP contribution in [0.1, 0.15) is 38.3 Å². The number of carbonyl (C=O) groups excluding carboxylic acids is 2. The minimum atomic E-state index is -0.121. The van der Waals surface area contributed by atoms with Gasteiger partial charge in [0.1, 0.15) is 0 Å². The minimum Gasteiger partial charge on any atom is -0.349 e. The van der Waals surface area contributed by atoms with Gasteiger partial charge in [-0.3, -0.25) is 9.59 Å². The highest BCUT2D eigenvalue weighted by atomic mass is 16.2. The maximum absolute atomic E-state index is 12.9. The number of hydrogen-bond donors (Lipinski definition) is 1. The Bertz CT molecular complexity index is 826. The first-order valence-electron chi connectivity index (χ1n) is 8.50. The SMILES string of the molecule is C=CCNC(=O)c1ccc2c(c1)CCCN2C(=O)c1cccc(C)c1. The van der Waals surface area contributed by atoms with Gasteiger partial charge in [0.05, 0.1) is 0 Å². The fraction of sp³-hybridized carbons (Fsp3) is 0.238. The molecule has 0 radical (unpaired) electrons. The van der Waals surface area contributed by atoms with Crippen molar-refractivity contribution in [3.05, 3.63) is 77.4 Å². The molecule has 25 heavy (non-hydrogen) atoms. The van der Waals surface area contributed by atoms with Crippen molar-refractivity contribution in [2.75, 3.05) is 18.0 Å². The van der Waals surface area contributed by atoms with E-state index < -0.39 is 0 Å². The Morgan fingerprint density at radius 1 is 1.20 bits per heavy atom. The largest absolute Gasteiger partial charge is 0.349 e. The Morgan fingerprint density at radius 3 is 2.80 bits per heavy atom. The Morgan fingerprint density at radius 2 is 2.04 bits per heavy atom. The maximum atomic E-state index is 12.9. The highest BCUT2D eigenvalue weighted by Crippen LogP contribution is 2.29. The number of hydrogen-bond acceptors (Lipinski definition) is 2. The highest BCUT2D eigenvalue weighted by Gasteiger charge is 2.24. The standard InChI is InChI=1S/C21H22N2O2/c1-3-11-22-20(24)17-9-10-19-16(14-17)8-5-12-23(19)21(25)18-7-4-6-15(2)13-18/h3-4,6-7,9-10,13-14H,1,5,8,11-12H2,2H3,(H,22,24). The Kier molecular flexibility index (Phi) is 4.98. The number of benzene rings is 2. The molecule has 128 valence electrons. The topological polar surface area (TPSA) is 49.4 Å². The number of rotatable bonds is 4. The van der Waals surface area contributed by atoms with Crippen molar-refractivity contribution in [3.63, 3.8) is 0 Å². The summed E-state index contributed by atoms with van der Waals surface area (Å²) in [4.78, 5) is 26.9. The Labute approximate surface area is 148 Å². The summed E-state index contributed by atoms with van der Waals surface area (Å²) >= 11 is 0. The zero-order valence-corrected chi connectivity index (χ0v) is 14.4. The van der Waals surface area contributed by atoms with Crippen LogP contribution in [0.25, 0.3) is 0 Å². The van der Waals surface area contributed by atoms with Gasteiger partial charge in [-0.15, -0.1) is 6.58 Å². The molecule has 4 nitrogen and oxygen atoms in total. The van der Waals surface area contributed by atoms with Crippen molar-refractivity contribution < 1.29 is 9.59 Å². The number of amides is 2. The molecule has 4 heteroatoms. The van der Waals surface area contributed by atoms with Gasteiger partial charge >= 0.3 is 0 Å². The van der Waals surface area contributed by atoms with Crippen molar-refractivity contribution in [1.29, 1.82) is 0 Å². The fourth-order valence-corrected chi connectivity index (χ4v) is 3.15. The average molecular weight is 334 g/mol. The van der Waals surface area contributed by atoms with E-state index in [1.807, 2.05) is 48.2 Å². The number of carbonyl (C=O) groups is 2. The van der Waals surface area contributed by atoms with Crippen LogP contribution in [0.15, 0.2) is 55.1 Å². The second-order valence-corrected chi connectivity index (χ2v) is 6.27. The Balaban J connectivity index is 1.88. The van der Waals surface area contributed by atoms with E-state index in [0.717, 1.165) is 29.7 Å². The molecule has 0 unspecified atom stereocenters. The molecule has 0 saturated carbocycles. The van der Waals surface area contributed by atoms with Gasteiger partial charge in [-0.05, 0) is 55.7 Å². The van der Waals surface area contributed by atoms with E-state index in [1.54, 1.807) is 12.1 Å². The first-order chi connectivity index (χ1) is 12.1. The molecular weight excluding hydrogens is 312 g/mol. The smallest absolute Gasteiger partial charge is 0.258 e. The maximum Gasteiger partial charge on any atom is 0.258 e. The third-order valence-corrected chi connectivity index (χ3v) is 4.38. The molecule has 0 saturated heterocycles. The lowest BCUT2D eigenvalue weighted by Gasteiger charge is -2.30. The van der Waals surface area contributed by atoms with E-state index in [0.29, 0.717) is 24.2 Å². The quantitative estimate of drug-likeness (QED) is 0.870. The molecule has 0 aromatic heterocycles. The fourth-order valence-electron chi connectivity index (χ4n) is 3.15. The lowest BCUT2D eigenvalue weighted by Crippen LogP contribution is -2.35.